The van der Waals surface area contributed by atoms with E-state index in [2.05, 4.69) is 5.32 Å². The van der Waals surface area contributed by atoms with E-state index in [0.717, 1.165) is 17.7 Å². The number of anilines is 1. The Bertz CT molecular complexity index is 822. The van der Waals surface area contributed by atoms with E-state index in [9.17, 15) is 9.18 Å². The summed E-state index contributed by atoms with van der Waals surface area (Å²) in [7, 11) is 0. The van der Waals surface area contributed by atoms with Gasteiger partial charge in [-0.25, -0.2) is 9.18 Å². The first-order valence-electron chi connectivity index (χ1n) is 6.84. The number of carbonyl (C=O) groups is 1. The fraction of sp³-hybridized carbons (Fsp3) is 0.0588. The Morgan fingerprint density at radius 1 is 1.21 bits per heavy atom. The van der Waals surface area contributed by atoms with Crippen LogP contribution in [-0.2, 0) is 11.3 Å². The number of carboxylic acid groups (broad SMARTS) is 1. The number of hydrogen-bond donors (Lipinski definition) is 3. The molecule has 0 saturated heterocycles. The summed E-state index contributed by atoms with van der Waals surface area (Å²) in [5.41, 5.74) is 1.44. The second-order valence-electron chi connectivity index (χ2n) is 4.86. The molecule has 124 valence electrons. The van der Waals surface area contributed by atoms with Gasteiger partial charge in [0.05, 0.1) is 5.71 Å². The molecule has 0 heterocycles. The number of halogens is 3. The Hall–Kier alpha value is -2.37. The molecule has 0 bridgehead atoms. The zero-order chi connectivity index (χ0) is 17.7. The van der Waals surface area contributed by atoms with Crippen molar-refractivity contribution < 1.29 is 14.3 Å². The smallest absolute Gasteiger partial charge is 0.328 e. The van der Waals surface area contributed by atoms with Crippen LogP contribution in [0.3, 0.4) is 0 Å². The van der Waals surface area contributed by atoms with Crippen molar-refractivity contribution >= 4 is 40.6 Å². The second-order valence-corrected chi connectivity index (χ2v) is 5.71. The molecule has 0 fully saturated rings. The van der Waals surface area contributed by atoms with Gasteiger partial charge < -0.3 is 15.8 Å². The largest absolute Gasteiger partial charge is 0.478 e. The number of allylic oxidation sites excluding steroid dienone is 1. The average molecular weight is 367 g/mol. The lowest BCUT2D eigenvalue weighted by Crippen LogP contribution is -2.07. The molecular weight excluding hydrogens is 354 g/mol. The topological polar surface area (TPSA) is 73.2 Å². The van der Waals surface area contributed by atoms with Crippen molar-refractivity contribution in [3.63, 3.8) is 0 Å². The highest BCUT2D eigenvalue weighted by Crippen LogP contribution is 2.24. The molecule has 0 amide bonds. The highest BCUT2D eigenvalue weighted by Gasteiger charge is 2.09. The Balaban J connectivity index is 2.24. The van der Waals surface area contributed by atoms with Gasteiger partial charge in [-0.15, -0.1) is 0 Å². The van der Waals surface area contributed by atoms with Gasteiger partial charge in [0.25, 0.3) is 0 Å². The SMILES string of the molecule is N=C(/C=C/C(=O)O)c1ccc(F)cc1NCc1ccc(Cl)cc1Cl. The minimum Gasteiger partial charge on any atom is -0.478 e. The molecule has 0 aromatic heterocycles. The summed E-state index contributed by atoms with van der Waals surface area (Å²) in [5, 5.41) is 20.6. The average Bonchev–Trinajstić information content (AvgIpc) is 2.52. The van der Waals surface area contributed by atoms with Gasteiger partial charge in [-0.2, -0.15) is 0 Å². The van der Waals surface area contributed by atoms with Gasteiger partial charge in [-0.1, -0.05) is 29.3 Å². The van der Waals surface area contributed by atoms with Crippen LogP contribution < -0.4 is 5.32 Å². The predicted octanol–water partition coefficient (Wildman–Crippen LogP) is 4.75. The molecular formula is C17H13Cl2FN2O2. The van der Waals surface area contributed by atoms with Crippen LogP contribution >= 0.6 is 23.2 Å². The van der Waals surface area contributed by atoms with Crippen LogP contribution in [0.25, 0.3) is 0 Å². The number of hydrogen-bond acceptors (Lipinski definition) is 3. The summed E-state index contributed by atoms with van der Waals surface area (Å²) in [5.74, 6) is -1.64. The standard InChI is InChI=1S/C17H13Cl2FN2O2/c18-11-2-1-10(14(19)7-11)9-22-16-8-12(20)3-4-13(16)15(21)5-6-17(23)24/h1-8,21-22H,9H2,(H,23,24)/b6-5+,21-15?. The van der Waals surface area contributed by atoms with Crippen LogP contribution in [0, 0.1) is 11.2 Å². The minimum atomic E-state index is -1.16. The summed E-state index contributed by atoms with van der Waals surface area (Å²) < 4.78 is 13.5. The van der Waals surface area contributed by atoms with Gasteiger partial charge in [-0.05, 0) is 42.0 Å². The lowest BCUT2D eigenvalue weighted by Gasteiger charge is -2.13. The maximum atomic E-state index is 13.5. The van der Waals surface area contributed by atoms with Gasteiger partial charge in [0.2, 0.25) is 0 Å². The Morgan fingerprint density at radius 3 is 2.62 bits per heavy atom. The summed E-state index contributed by atoms with van der Waals surface area (Å²) in [6, 6.07) is 8.89. The van der Waals surface area contributed by atoms with Crippen LogP contribution in [0.1, 0.15) is 11.1 Å². The van der Waals surface area contributed by atoms with Crippen LogP contribution in [0.5, 0.6) is 0 Å². The molecule has 0 aliphatic carbocycles. The monoisotopic (exact) mass is 366 g/mol. The molecule has 2 aromatic carbocycles. The molecule has 7 heteroatoms. The predicted molar refractivity (Wildman–Crippen MR) is 93.8 cm³/mol. The first kappa shape index (κ1) is 18.0. The van der Waals surface area contributed by atoms with Crippen LogP contribution in [0.4, 0.5) is 10.1 Å². The van der Waals surface area contributed by atoms with Gasteiger partial charge >= 0.3 is 5.97 Å². The van der Waals surface area contributed by atoms with Crippen LogP contribution in [0.2, 0.25) is 10.0 Å². The molecule has 3 N–H and O–H groups in total. The Morgan fingerprint density at radius 2 is 1.96 bits per heavy atom. The van der Waals surface area contributed by atoms with E-state index in [-0.39, 0.29) is 5.71 Å². The normalized spacial score (nSPS) is 10.8. The maximum absolute atomic E-state index is 13.5. The molecule has 2 rings (SSSR count). The van der Waals surface area contributed by atoms with E-state index in [4.69, 9.17) is 33.7 Å². The van der Waals surface area contributed by atoms with Crippen LogP contribution in [0.15, 0.2) is 48.6 Å². The van der Waals surface area contributed by atoms with Crippen molar-refractivity contribution in [2.75, 3.05) is 5.32 Å². The summed E-state index contributed by atoms with van der Waals surface area (Å²) >= 11 is 11.9. The van der Waals surface area contributed by atoms with Gasteiger partial charge in [0.1, 0.15) is 5.82 Å². The van der Waals surface area contributed by atoms with Crippen molar-refractivity contribution in [2.24, 2.45) is 0 Å². The molecule has 0 aliphatic rings. The van der Waals surface area contributed by atoms with Crippen molar-refractivity contribution in [1.29, 1.82) is 5.41 Å². The fourth-order valence-corrected chi connectivity index (χ4v) is 2.47. The Kier molecular flexibility index (Phi) is 5.95. The number of rotatable bonds is 6. The third-order valence-corrected chi connectivity index (χ3v) is 3.74. The molecule has 24 heavy (non-hydrogen) atoms. The number of carboxylic acids is 1. The third kappa shape index (κ3) is 4.81. The molecule has 0 radical (unpaired) electrons. The van der Waals surface area contributed by atoms with Crippen molar-refractivity contribution in [1.82, 2.24) is 0 Å². The van der Waals surface area contributed by atoms with E-state index >= 15 is 0 Å². The zero-order valence-electron chi connectivity index (χ0n) is 12.3. The van der Waals surface area contributed by atoms with E-state index < -0.39 is 11.8 Å². The van der Waals surface area contributed by atoms with Crippen molar-refractivity contribution in [2.45, 2.75) is 6.54 Å². The molecule has 0 unspecified atom stereocenters. The molecule has 0 aliphatic heterocycles. The third-order valence-electron chi connectivity index (χ3n) is 3.15. The summed E-state index contributed by atoms with van der Waals surface area (Å²) in [4.78, 5) is 10.6. The summed E-state index contributed by atoms with van der Waals surface area (Å²) in [6.07, 6.45) is 1.99. The lowest BCUT2D eigenvalue weighted by molar-refractivity contribution is -0.131. The number of aliphatic carboxylic acids is 1. The van der Waals surface area contributed by atoms with Gasteiger partial charge in [0.15, 0.2) is 0 Å². The van der Waals surface area contributed by atoms with E-state index in [0.29, 0.717) is 27.8 Å². The highest BCUT2D eigenvalue weighted by atomic mass is 35.5. The molecule has 0 saturated carbocycles. The quantitative estimate of drug-likeness (QED) is 0.509. The number of nitrogens with one attached hydrogen (secondary N) is 2. The fourth-order valence-electron chi connectivity index (χ4n) is 2.00. The van der Waals surface area contributed by atoms with E-state index in [1.54, 1.807) is 18.2 Å². The zero-order valence-corrected chi connectivity index (χ0v) is 13.8. The molecule has 0 atom stereocenters. The van der Waals surface area contributed by atoms with E-state index in [1.807, 2.05) is 0 Å². The van der Waals surface area contributed by atoms with Crippen molar-refractivity contribution in [3.05, 3.63) is 75.5 Å². The lowest BCUT2D eigenvalue weighted by atomic mass is 10.1. The first-order valence-corrected chi connectivity index (χ1v) is 7.59. The summed E-state index contributed by atoms with van der Waals surface area (Å²) in [6.45, 7) is 0.294. The number of benzene rings is 2. The maximum Gasteiger partial charge on any atom is 0.328 e. The minimum absolute atomic E-state index is 0.0536. The molecule has 0 spiro atoms. The highest BCUT2D eigenvalue weighted by molar-refractivity contribution is 6.35. The second kappa shape index (κ2) is 7.95. The Labute approximate surface area is 148 Å². The van der Waals surface area contributed by atoms with E-state index in [1.165, 1.54) is 18.2 Å². The van der Waals surface area contributed by atoms with Crippen molar-refractivity contribution in [3.8, 4) is 0 Å². The van der Waals surface area contributed by atoms with Gasteiger partial charge in [-0.3, -0.25) is 0 Å². The van der Waals surface area contributed by atoms with Crippen LogP contribution in [-0.4, -0.2) is 16.8 Å². The molecule has 4 nitrogen and oxygen atoms in total. The first-order chi connectivity index (χ1) is 11.4. The van der Waals surface area contributed by atoms with Gasteiger partial charge in [0, 0.05) is 33.9 Å². The molecule has 2 aromatic rings.